The Morgan fingerprint density at radius 1 is 1.09 bits per heavy atom. The number of hydrogen-bond acceptors (Lipinski definition) is 6. The molecule has 0 spiro atoms. The van der Waals surface area contributed by atoms with Crippen LogP contribution in [0.25, 0.3) is 10.9 Å². The topological polar surface area (TPSA) is 115 Å². The van der Waals surface area contributed by atoms with Crippen LogP contribution in [0.2, 0.25) is 0 Å². The Balaban J connectivity index is 1.74. The molecule has 2 amide bonds. The zero-order valence-electron chi connectivity index (χ0n) is 19.6. The molecule has 1 saturated heterocycles. The number of carboxylic acids is 1. The standard InChI is InChI=1S/C24H33N5O4/c1-4-7-25-23(31)15-28-8-10-29(11-9-28)21-14-19(24(32)33)18-13-17(5-6-20(18)27-21)26-22(30)12-16(2)3/h5-6,13-14,16H,4,7-12,15H2,1-3H3,(H,25,31)(H,26,30)(H,32,33). The number of carboxylic acid groups (broad SMARTS) is 1. The minimum Gasteiger partial charge on any atom is -0.478 e. The van der Waals surface area contributed by atoms with Gasteiger partial charge in [-0.15, -0.1) is 0 Å². The number of rotatable bonds is 9. The van der Waals surface area contributed by atoms with Gasteiger partial charge in [-0.3, -0.25) is 14.5 Å². The highest BCUT2D eigenvalue weighted by molar-refractivity contribution is 6.05. The maximum atomic E-state index is 12.1. The molecule has 33 heavy (non-hydrogen) atoms. The molecule has 0 aliphatic carbocycles. The van der Waals surface area contributed by atoms with E-state index in [1.165, 1.54) is 0 Å². The molecule has 9 heteroatoms. The molecule has 3 N–H and O–H groups in total. The summed E-state index contributed by atoms with van der Waals surface area (Å²) >= 11 is 0. The summed E-state index contributed by atoms with van der Waals surface area (Å²) in [5.41, 5.74) is 1.27. The molecule has 178 valence electrons. The average Bonchev–Trinajstić information content (AvgIpc) is 2.76. The molecular formula is C24H33N5O4. The van der Waals surface area contributed by atoms with Gasteiger partial charge in [0.1, 0.15) is 5.82 Å². The second-order valence-corrected chi connectivity index (χ2v) is 8.82. The Kier molecular flexibility index (Phi) is 8.21. The van der Waals surface area contributed by atoms with E-state index in [9.17, 15) is 19.5 Å². The van der Waals surface area contributed by atoms with Gasteiger partial charge in [-0.1, -0.05) is 20.8 Å². The lowest BCUT2D eigenvalue weighted by Gasteiger charge is -2.35. The maximum absolute atomic E-state index is 12.1. The SMILES string of the molecule is CCCNC(=O)CN1CCN(c2cc(C(=O)O)c3cc(NC(=O)CC(C)C)ccc3n2)CC1. The van der Waals surface area contributed by atoms with Crippen molar-refractivity contribution in [3.63, 3.8) is 0 Å². The summed E-state index contributed by atoms with van der Waals surface area (Å²) in [5.74, 6) is -0.284. The molecule has 3 rings (SSSR count). The van der Waals surface area contributed by atoms with E-state index in [4.69, 9.17) is 0 Å². The number of benzene rings is 1. The lowest BCUT2D eigenvalue weighted by atomic mass is 10.1. The fourth-order valence-electron chi connectivity index (χ4n) is 3.87. The number of amides is 2. The zero-order valence-corrected chi connectivity index (χ0v) is 19.6. The van der Waals surface area contributed by atoms with Crippen molar-refractivity contribution < 1.29 is 19.5 Å². The molecule has 1 aromatic carbocycles. The van der Waals surface area contributed by atoms with Gasteiger partial charge in [0.25, 0.3) is 0 Å². The third kappa shape index (κ3) is 6.64. The largest absolute Gasteiger partial charge is 0.478 e. The smallest absolute Gasteiger partial charge is 0.336 e. The predicted octanol–water partition coefficient (Wildman–Crippen LogP) is 2.57. The van der Waals surface area contributed by atoms with E-state index >= 15 is 0 Å². The normalized spacial score (nSPS) is 14.5. The number of aromatic nitrogens is 1. The van der Waals surface area contributed by atoms with Gasteiger partial charge in [-0.05, 0) is 36.6 Å². The highest BCUT2D eigenvalue weighted by Crippen LogP contribution is 2.27. The van der Waals surface area contributed by atoms with Crippen LogP contribution in [0.3, 0.4) is 0 Å². The Morgan fingerprint density at radius 2 is 1.82 bits per heavy atom. The van der Waals surface area contributed by atoms with Crippen molar-refractivity contribution in [1.29, 1.82) is 0 Å². The van der Waals surface area contributed by atoms with Gasteiger partial charge < -0.3 is 20.6 Å². The van der Waals surface area contributed by atoms with Crippen LogP contribution >= 0.6 is 0 Å². The van der Waals surface area contributed by atoms with Gasteiger partial charge in [0.2, 0.25) is 11.8 Å². The Bertz CT molecular complexity index is 1020. The number of nitrogens with zero attached hydrogens (tertiary/aromatic N) is 3. The summed E-state index contributed by atoms with van der Waals surface area (Å²) in [6, 6.07) is 6.75. The van der Waals surface area contributed by atoms with Gasteiger partial charge in [-0.2, -0.15) is 0 Å². The first-order chi connectivity index (χ1) is 15.8. The zero-order chi connectivity index (χ0) is 24.0. The van der Waals surface area contributed by atoms with Gasteiger partial charge in [-0.25, -0.2) is 9.78 Å². The van der Waals surface area contributed by atoms with E-state index in [2.05, 4.69) is 20.5 Å². The molecule has 1 aliphatic heterocycles. The molecule has 1 fully saturated rings. The number of hydrogen-bond donors (Lipinski definition) is 3. The number of aromatic carboxylic acids is 1. The van der Waals surface area contributed by atoms with Crippen molar-refractivity contribution in [2.75, 3.05) is 49.5 Å². The number of fused-ring (bicyclic) bond motifs is 1. The average molecular weight is 456 g/mol. The van der Waals surface area contributed by atoms with Crippen LogP contribution in [0.4, 0.5) is 11.5 Å². The van der Waals surface area contributed by atoms with Crippen LogP contribution in [-0.4, -0.2) is 72.0 Å². The number of anilines is 2. The molecule has 9 nitrogen and oxygen atoms in total. The third-order valence-corrected chi connectivity index (χ3v) is 5.54. The summed E-state index contributed by atoms with van der Waals surface area (Å²) in [5, 5.41) is 16.0. The molecule has 0 bridgehead atoms. The first-order valence-corrected chi connectivity index (χ1v) is 11.5. The van der Waals surface area contributed by atoms with Crippen LogP contribution < -0.4 is 15.5 Å². The fourth-order valence-corrected chi connectivity index (χ4v) is 3.87. The monoisotopic (exact) mass is 455 g/mol. The van der Waals surface area contributed by atoms with Crippen molar-refractivity contribution in [2.45, 2.75) is 33.6 Å². The molecule has 2 aromatic rings. The minimum atomic E-state index is -1.04. The van der Waals surface area contributed by atoms with Crippen molar-refractivity contribution >= 4 is 40.2 Å². The van der Waals surface area contributed by atoms with E-state index in [-0.39, 0.29) is 23.3 Å². The van der Waals surface area contributed by atoms with Gasteiger partial charge in [0.15, 0.2) is 0 Å². The van der Waals surface area contributed by atoms with E-state index in [0.717, 1.165) is 6.42 Å². The van der Waals surface area contributed by atoms with E-state index < -0.39 is 5.97 Å². The molecule has 0 radical (unpaired) electrons. The lowest BCUT2D eigenvalue weighted by Crippen LogP contribution is -2.49. The van der Waals surface area contributed by atoms with E-state index in [1.54, 1.807) is 24.3 Å². The van der Waals surface area contributed by atoms with E-state index in [0.29, 0.717) is 68.1 Å². The number of carbonyl (C=O) groups excluding carboxylic acids is 2. The number of nitrogens with one attached hydrogen (secondary N) is 2. The number of piperazine rings is 1. The molecule has 0 unspecified atom stereocenters. The van der Waals surface area contributed by atoms with Crippen LogP contribution in [0.1, 0.15) is 44.0 Å². The molecular weight excluding hydrogens is 422 g/mol. The molecule has 0 atom stereocenters. The summed E-state index contributed by atoms with van der Waals surface area (Å²) in [4.78, 5) is 44.9. The number of carbonyl (C=O) groups is 3. The molecule has 0 saturated carbocycles. The number of pyridine rings is 1. The molecule has 2 heterocycles. The second-order valence-electron chi connectivity index (χ2n) is 8.82. The first-order valence-electron chi connectivity index (χ1n) is 11.5. The van der Waals surface area contributed by atoms with Gasteiger partial charge in [0.05, 0.1) is 17.6 Å². The predicted molar refractivity (Wildman–Crippen MR) is 129 cm³/mol. The highest BCUT2D eigenvalue weighted by Gasteiger charge is 2.22. The Labute approximate surface area is 194 Å². The van der Waals surface area contributed by atoms with Gasteiger partial charge in [0, 0.05) is 50.2 Å². The lowest BCUT2D eigenvalue weighted by molar-refractivity contribution is -0.122. The Morgan fingerprint density at radius 3 is 2.45 bits per heavy atom. The first kappa shape index (κ1) is 24.4. The van der Waals surface area contributed by atoms with Crippen molar-refractivity contribution in [2.24, 2.45) is 5.92 Å². The summed E-state index contributed by atoms with van der Waals surface area (Å²) in [6.45, 7) is 9.70. The van der Waals surface area contributed by atoms with Crippen molar-refractivity contribution in [3.05, 3.63) is 29.8 Å². The van der Waals surface area contributed by atoms with Crippen LogP contribution in [0, 0.1) is 5.92 Å². The van der Waals surface area contributed by atoms with Crippen molar-refractivity contribution in [3.8, 4) is 0 Å². The highest BCUT2D eigenvalue weighted by atomic mass is 16.4. The summed E-state index contributed by atoms with van der Waals surface area (Å²) in [7, 11) is 0. The summed E-state index contributed by atoms with van der Waals surface area (Å²) < 4.78 is 0. The summed E-state index contributed by atoms with van der Waals surface area (Å²) in [6.07, 6.45) is 1.30. The second kappa shape index (κ2) is 11.1. The van der Waals surface area contributed by atoms with Crippen LogP contribution in [0.15, 0.2) is 24.3 Å². The molecule has 1 aliphatic rings. The third-order valence-electron chi connectivity index (χ3n) is 5.54. The maximum Gasteiger partial charge on any atom is 0.336 e. The minimum absolute atomic E-state index is 0.0265. The molecule has 1 aromatic heterocycles. The fraction of sp³-hybridized carbons (Fsp3) is 0.500. The quantitative estimate of drug-likeness (QED) is 0.532. The Hall–Kier alpha value is -3.20. The van der Waals surface area contributed by atoms with E-state index in [1.807, 2.05) is 25.7 Å². The van der Waals surface area contributed by atoms with Crippen molar-refractivity contribution in [1.82, 2.24) is 15.2 Å². The van der Waals surface area contributed by atoms with Gasteiger partial charge >= 0.3 is 5.97 Å². The van der Waals surface area contributed by atoms with Crippen LogP contribution in [0.5, 0.6) is 0 Å². The van der Waals surface area contributed by atoms with Crippen LogP contribution in [-0.2, 0) is 9.59 Å².